The molecule has 0 spiro atoms. The lowest BCUT2D eigenvalue weighted by Gasteiger charge is -2.19. The Kier molecular flexibility index (Phi) is 4.65. The molecule has 0 saturated carbocycles. The van der Waals surface area contributed by atoms with Crippen LogP contribution in [0, 0.1) is 5.82 Å². The maximum Gasteiger partial charge on any atom is 0.271 e. The zero-order valence-electron chi connectivity index (χ0n) is 15.3. The van der Waals surface area contributed by atoms with Crippen molar-refractivity contribution in [3.8, 4) is 0 Å². The van der Waals surface area contributed by atoms with E-state index in [1.165, 1.54) is 12.1 Å². The number of nitrogens with zero attached hydrogens (tertiary/aromatic N) is 3. The zero-order valence-corrected chi connectivity index (χ0v) is 15.3. The normalized spacial score (nSPS) is 18.4. The van der Waals surface area contributed by atoms with Crippen molar-refractivity contribution in [2.24, 2.45) is 5.16 Å². The third-order valence-corrected chi connectivity index (χ3v) is 4.60. The molecule has 1 atom stereocenters. The molecule has 3 aromatic rings. The lowest BCUT2D eigenvalue weighted by atomic mass is 9.95. The summed E-state index contributed by atoms with van der Waals surface area (Å²) in [6, 6.07) is 15.8. The summed E-state index contributed by atoms with van der Waals surface area (Å²) in [6.45, 7) is 2.19. The van der Waals surface area contributed by atoms with E-state index in [0.29, 0.717) is 18.7 Å². The molecule has 0 saturated heterocycles. The third-order valence-electron chi connectivity index (χ3n) is 4.60. The Morgan fingerprint density at radius 3 is 2.71 bits per heavy atom. The molecular weight excluding hydrogens is 359 g/mol. The van der Waals surface area contributed by atoms with Gasteiger partial charge >= 0.3 is 0 Å². The lowest BCUT2D eigenvalue weighted by molar-refractivity contribution is -0.135. The number of aromatic nitrogens is 2. The number of hydrogen-bond acceptors (Lipinski definition) is 4. The monoisotopic (exact) mass is 378 g/mol. The fourth-order valence-corrected chi connectivity index (χ4v) is 3.00. The SMILES string of the molecule is C[C@]1(C(=O)Nc2cnn(Cc3ccc(F)cc3)c2)CC(c2ccccc2)=NO1. The summed E-state index contributed by atoms with van der Waals surface area (Å²) in [7, 11) is 0. The van der Waals surface area contributed by atoms with Gasteiger partial charge in [-0.25, -0.2) is 4.39 Å². The van der Waals surface area contributed by atoms with Crippen molar-refractivity contribution in [3.63, 3.8) is 0 Å². The van der Waals surface area contributed by atoms with Crippen molar-refractivity contribution in [1.29, 1.82) is 0 Å². The Labute approximate surface area is 161 Å². The van der Waals surface area contributed by atoms with Gasteiger partial charge < -0.3 is 10.2 Å². The van der Waals surface area contributed by atoms with Gasteiger partial charge in [0.25, 0.3) is 5.91 Å². The number of rotatable bonds is 5. The van der Waals surface area contributed by atoms with Gasteiger partial charge in [0.05, 0.1) is 24.1 Å². The van der Waals surface area contributed by atoms with E-state index < -0.39 is 5.60 Å². The van der Waals surface area contributed by atoms with E-state index in [2.05, 4.69) is 15.6 Å². The molecule has 1 amide bonds. The topological polar surface area (TPSA) is 68.5 Å². The van der Waals surface area contributed by atoms with Crippen LogP contribution in [-0.2, 0) is 16.2 Å². The van der Waals surface area contributed by atoms with E-state index in [1.807, 2.05) is 30.3 Å². The molecule has 0 bridgehead atoms. The number of nitrogens with one attached hydrogen (secondary N) is 1. The van der Waals surface area contributed by atoms with Crippen LogP contribution in [0.5, 0.6) is 0 Å². The number of carbonyl (C=O) groups is 1. The predicted molar refractivity (Wildman–Crippen MR) is 103 cm³/mol. The Morgan fingerprint density at radius 1 is 1.21 bits per heavy atom. The van der Waals surface area contributed by atoms with Gasteiger partial charge in [-0.3, -0.25) is 9.48 Å². The van der Waals surface area contributed by atoms with Gasteiger partial charge in [0.2, 0.25) is 5.60 Å². The van der Waals surface area contributed by atoms with Crippen LogP contribution in [0.3, 0.4) is 0 Å². The summed E-state index contributed by atoms with van der Waals surface area (Å²) in [5.74, 6) is -0.567. The third kappa shape index (κ3) is 3.78. The molecule has 0 fully saturated rings. The first-order valence-electron chi connectivity index (χ1n) is 8.91. The highest BCUT2D eigenvalue weighted by Gasteiger charge is 2.42. The van der Waals surface area contributed by atoms with Crippen LogP contribution in [-0.4, -0.2) is 27.0 Å². The highest BCUT2D eigenvalue weighted by Crippen LogP contribution is 2.28. The maximum absolute atomic E-state index is 13.0. The highest BCUT2D eigenvalue weighted by atomic mass is 19.1. The van der Waals surface area contributed by atoms with E-state index >= 15 is 0 Å². The highest BCUT2D eigenvalue weighted by molar-refractivity contribution is 6.07. The zero-order chi connectivity index (χ0) is 19.6. The number of hydrogen-bond donors (Lipinski definition) is 1. The number of anilines is 1. The molecule has 7 heteroatoms. The molecule has 28 heavy (non-hydrogen) atoms. The molecular formula is C21H19FN4O2. The molecule has 4 rings (SSSR count). The maximum atomic E-state index is 13.0. The molecule has 0 radical (unpaired) electrons. The standard InChI is InChI=1S/C21H19FN4O2/c1-21(11-19(25-28-21)16-5-3-2-4-6-16)20(27)24-18-12-23-26(14-18)13-15-7-9-17(22)10-8-15/h2-10,12,14H,11,13H2,1H3,(H,24,27)/t21-/m1/s1. The minimum Gasteiger partial charge on any atom is -0.379 e. The van der Waals surface area contributed by atoms with Crippen LogP contribution in [0.4, 0.5) is 10.1 Å². The van der Waals surface area contributed by atoms with Crippen LogP contribution in [0.25, 0.3) is 0 Å². The molecule has 1 N–H and O–H groups in total. The second kappa shape index (κ2) is 7.26. The number of amides is 1. The van der Waals surface area contributed by atoms with Gasteiger partial charge in [0.15, 0.2) is 0 Å². The fraction of sp³-hybridized carbons (Fsp3) is 0.190. The Hall–Kier alpha value is -3.48. The molecule has 2 heterocycles. The number of oxime groups is 1. The lowest BCUT2D eigenvalue weighted by Crippen LogP contribution is -2.40. The summed E-state index contributed by atoms with van der Waals surface area (Å²) in [6.07, 6.45) is 3.67. The van der Waals surface area contributed by atoms with Gasteiger partial charge in [-0.05, 0) is 30.2 Å². The average molecular weight is 378 g/mol. The van der Waals surface area contributed by atoms with Crippen LogP contribution >= 0.6 is 0 Å². The van der Waals surface area contributed by atoms with Crippen LogP contribution in [0.15, 0.2) is 72.1 Å². The van der Waals surface area contributed by atoms with Crippen LogP contribution in [0.2, 0.25) is 0 Å². The quantitative estimate of drug-likeness (QED) is 0.738. The van der Waals surface area contributed by atoms with Crippen molar-refractivity contribution >= 4 is 17.3 Å². The van der Waals surface area contributed by atoms with Gasteiger partial charge in [-0.15, -0.1) is 0 Å². The molecule has 0 aliphatic carbocycles. The molecule has 1 aromatic heterocycles. The average Bonchev–Trinajstić information content (AvgIpc) is 3.32. The number of carbonyl (C=O) groups excluding carboxylic acids is 1. The predicted octanol–water partition coefficient (Wildman–Crippen LogP) is 3.59. The summed E-state index contributed by atoms with van der Waals surface area (Å²) in [5, 5.41) is 11.2. The van der Waals surface area contributed by atoms with Gasteiger partial charge in [0.1, 0.15) is 5.82 Å². The molecule has 1 aliphatic rings. The van der Waals surface area contributed by atoms with E-state index in [4.69, 9.17) is 4.84 Å². The van der Waals surface area contributed by atoms with Gasteiger partial charge in [0, 0.05) is 12.6 Å². The number of benzene rings is 2. The summed E-state index contributed by atoms with van der Waals surface area (Å²) in [5.41, 5.74) is 2.07. The first-order chi connectivity index (χ1) is 13.5. The number of halogens is 1. The van der Waals surface area contributed by atoms with Crippen molar-refractivity contribution in [1.82, 2.24) is 9.78 Å². The van der Waals surface area contributed by atoms with E-state index in [0.717, 1.165) is 16.8 Å². The molecule has 142 valence electrons. The Balaban J connectivity index is 1.39. The molecule has 6 nitrogen and oxygen atoms in total. The van der Waals surface area contributed by atoms with E-state index in [9.17, 15) is 9.18 Å². The van der Waals surface area contributed by atoms with Crippen molar-refractivity contribution in [2.45, 2.75) is 25.5 Å². The van der Waals surface area contributed by atoms with Gasteiger partial charge in [-0.1, -0.05) is 47.6 Å². The second-order valence-corrected chi connectivity index (χ2v) is 6.91. The largest absolute Gasteiger partial charge is 0.379 e. The van der Waals surface area contributed by atoms with Crippen molar-refractivity contribution in [2.75, 3.05) is 5.32 Å². The van der Waals surface area contributed by atoms with Crippen molar-refractivity contribution in [3.05, 3.63) is 83.9 Å². The van der Waals surface area contributed by atoms with E-state index in [1.54, 1.807) is 36.1 Å². The first kappa shape index (κ1) is 17.9. The molecule has 1 aliphatic heterocycles. The smallest absolute Gasteiger partial charge is 0.271 e. The first-order valence-corrected chi connectivity index (χ1v) is 8.91. The van der Waals surface area contributed by atoms with Crippen molar-refractivity contribution < 1.29 is 14.0 Å². The summed E-state index contributed by atoms with van der Waals surface area (Å²) in [4.78, 5) is 18.2. The Bertz CT molecular complexity index is 1010. The van der Waals surface area contributed by atoms with Gasteiger partial charge in [-0.2, -0.15) is 5.10 Å². The molecule has 0 unspecified atom stereocenters. The molecule has 2 aromatic carbocycles. The second-order valence-electron chi connectivity index (χ2n) is 6.91. The van der Waals surface area contributed by atoms with E-state index in [-0.39, 0.29) is 11.7 Å². The minimum atomic E-state index is -1.08. The summed E-state index contributed by atoms with van der Waals surface area (Å²) >= 11 is 0. The van der Waals surface area contributed by atoms with Crippen LogP contribution in [0.1, 0.15) is 24.5 Å². The summed E-state index contributed by atoms with van der Waals surface area (Å²) < 4.78 is 14.7. The fourth-order valence-electron chi connectivity index (χ4n) is 3.00. The van der Waals surface area contributed by atoms with Crippen LogP contribution < -0.4 is 5.32 Å². The minimum absolute atomic E-state index is 0.279. The Morgan fingerprint density at radius 2 is 1.96 bits per heavy atom.